The van der Waals surface area contributed by atoms with E-state index >= 15 is 0 Å². The molecular weight excluding hydrogens is 228 g/mol. The summed E-state index contributed by atoms with van der Waals surface area (Å²) in [5.74, 6) is 1.03. The van der Waals surface area contributed by atoms with Crippen molar-refractivity contribution in [3.8, 4) is 11.3 Å². The van der Waals surface area contributed by atoms with Crippen LogP contribution in [0.4, 0.5) is 5.82 Å². The molecule has 0 aliphatic rings. The second-order valence-corrected chi connectivity index (χ2v) is 3.92. The Kier molecular flexibility index (Phi) is 3.84. The summed E-state index contributed by atoms with van der Waals surface area (Å²) in [4.78, 5) is 12.8. The molecule has 0 saturated carbocycles. The van der Waals surface area contributed by atoms with Crippen molar-refractivity contribution in [2.75, 3.05) is 12.3 Å². The van der Waals surface area contributed by atoms with E-state index in [1.165, 1.54) is 0 Å². The minimum atomic E-state index is 0.369. The van der Waals surface area contributed by atoms with E-state index in [4.69, 9.17) is 10.5 Å². The maximum absolute atomic E-state index is 5.77. The monoisotopic (exact) mass is 244 g/mol. The Hall–Kier alpha value is -2.01. The molecule has 0 saturated heterocycles. The Morgan fingerprint density at radius 2 is 2.11 bits per heavy atom. The molecular formula is C13H16N4O. The zero-order chi connectivity index (χ0) is 13.0. The lowest BCUT2D eigenvalue weighted by atomic mass is 10.2. The average molecular weight is 244 g/mol. The summed E-state index contributed by atoms with van der Waals surface area (Å²) in [6, 6.07) is 5.65. The third-order valence-corrected chi connectivity index (χ3v) is 2.43. The maximum atomic E-state index is 5.77. The van der Waals surface area contributed by atoms with Gasteiger partial charge in [-0.1, -0.05) is 0 Å². The molecule has 0 atom stereocenters. The molecule has 0 aliphatic carbocycles. The van der Waals surface area contributed by atoms with Gasteiger partial charge in [-0.05, 0) is 26.0 Å². The summed E-state index contributed by atoms with van der Waals surface area (Å²) in [6.45, 7) is 4.86. The van der Waals surface area contributed by atoms with Crippen molar-refractivity contribution in [1.82, 2.24) is 15.0 Å². The number of hydrogen-bond donors (Lipinski definition) is 1. The van der Waals surface area contributed by atoms with E-state index in [1.54, 1.807) is 12.3 Å². The van der Waals surface area contributed by atoms with Crippen LogP contribution in [0.2, 0.25) is 0 Å². The summed E-state index contributed by atoms with van der Waals surface area (Å²) in [6.07, 6.45) is 1.78. The molecule has 0 radical (unpaired) electrons. The molecule has 0 spiro atoms. The number of ether oxygens (including phenoxy) is 1. The zero-order valence-corrected chi connectivity index (χ0v) is 10.6. The van der Waals surface area contributed by atoms with E-state index in [1.807, 2.05) is 26.0 Å². The first-order chi connectivity index (χ1) is 8.69. The number of rotatable bonds is 4. The lowest BCUT2D eigenvalue weighted by Crippen LogP contribution is -2.03. The SMILES string of the molecule is CCOCc1nc(N)cc(-c2ccc(C)nc2)n1. The van der Waals surface area contributed by atoms with Crippen molar-refractivity contribution < 1.29 is 4.74 Å². The van der Waals surface area contributed by atoms with Crippen molar-refractivity contribution in [2.24, 2.45) is 0 Å². The number of anilines is 1. The van der Waals surface area contributed by atoms with Gasteiger partial charge in [-0.15, -0.1) is 0 Å². The molecule has 0 aromatic carbocycles. The van der Waals surface area contributed by atoms with Crippen LogP contribution < -0.4 is 5.73 Å². The van der Waals surface area contributed by atoms with Crippen LogP contribution in [-0.2, 0) is 11.3 Å². The van der Waals surface area contributed by atoms with Crippen molar-refractivity contribution in [3.63, 3.8) is 0 Å². The molecule has 5 heteroatoms. The summed E-state index contributed by atoms with van der Waals surface area (Å²) < 4.78 is 5.29. The number of nitrogens with zero attached hydrogens (tertiary/aromatic N) is 3. The maximum Gasteiger partial charge on any atom is 0.157 e. The quantitative estimate of drug-likeness (QED) is 0.890. The van der Waals surface area contributed by atoms with Crippen LogP contribution in [0.3, 0.4) is 0 Å². The van der Waals surface area contributed by atoms with Crippen LogP contribution in [-0.4, -0.2) is 21.6 Å². The molecule has 2 rings (SSSR count). The van der Waals surface area contributed by atoms with Crippen LogP contribution in [0.25, 0.3) is 11.3 Å². The Morgan fingerprint density at radius 3 is 2.78 bits per heavy atom. The first-order valence-electron chi connectivity index (χ1n) is 5.83. The van der Waals surface area contributed by atoms with E-state index in [9.17, 15) is 0 Å². The van der Waals surface area contributed by atoms with Gasteiger partial charge < -0.3 is 10.5 Å². The summed E-state index contributed by atoms with van der Waals surface area (Å²) in [5.41, 5.74) is 8.43. The van der Waals surface area contributed by atoms with Gasteiger partial charge in [-0.3, -0.25) is 4.98 Å². The largest absolute Gasteiger partial charge is 0.384 e. The van der Waals surface area contributed by atoms with Crippen molar-refractivity contribution >= 4 is 5.82 Å². The predicted octanol–water partition coefficient (Wildman–Crippen LogP) is 1.97. The number of aryl methyl sites for hydroxylation is 1. The standard InChI is InChI=1S/C13H16N4O/c1-3-18-8-13-16-11(6-12(14)17-13)10-5-4-9(2)15-7-10/h4-7H,3,8H2,1-2H3,(H2,14,16,17). The second kappa shape index (κ2) is 5.55. The van der Waals surface area contributed by atoms with Gasteiger partial charge in [0.25, 0.3) is 0 Å². The predicted molar refractivity (Wildman–Crippen MR) is 69.7 cm³/mol. The highest BCUT2D eigenvalue weighted by Gasteiger charge is 2.05. The molecule has 0 amide bonds. The smallest absolute Gasteiger partial charge is 0.157 e. The Labute approximate surface area is 106 Å². The topological polar surface area (TPSA) is 73.9 Å². The Morgan fingerprint density at radius 1 is 1.28 bits per heavy atom. The number of aromatic nitrogens is 3. The summed E-state index contributed by atoms with van der Waals surface area (Å²) in [7, 11) is 0. The zero-order valence-electron chi connectivity index (χ0n) is 10.6. The minimum absolute atomic E-state index is 0.369. The normalized spacial score (nSPS) is 10.6. The lowest BCUT2D eigenvalue weighted by Gasteiger charge is -2.06. The fourth-order valence-electron chi connectivity index (χ4n) is 1.54. The van der Waals surface area contributed by atoms with E-state index in [0.29, 0.717) is 24.9 Å². The lowest BCUT2D eigenvalue weighted by molar-refractivity contribution is 0.128. The third-order valence-electron chi connectivity index (χ3n) is 2.43. The van der Waals surface area contributed by atoms with Gasteiger partial charge in [-0.2, -0.15) is 0 Å². The number of hydrogen-bond acceptors (Lipinski definition) is 5. The summed E-state index contributed by atoms with van der Waals surface area (Å²) >= 11 is 0. The molecule has 2 aromatic heterocycles. The van der Waals surface area contributed by atoms with Gasteiger partial charge in [0.2, 0.25) is 0 Å². The molecule has 0 unspecified atom stereocenters. The highest BCUT2D eigenvalue weighted by atomic mass is 16.5. The van der Waals surface area contributed by atoms with Gasteiger partial charge in [0.05, 0.1) is 5.69 Å². The Bertz CT molecular complexity index is 525. The van der Waals surface area contributed by atoms with Crippen LogP contribution in [0.1, 0.15) is 18.4 Å². The third kappa shape index (κ3) is 3.01. The molecule has 94 valence electrons. The highest BCUT2D eigenvalue weighted by molar-refractivity contribution is 5.60. The number of nitrogens with two attached hydrogens (primary N) is 1. The molecule has 2 N–H and O–H groups in total. The number of nitrogen functional groups attached to an aromatic ring is 1. The molecule has 0 bridgehead atoms. The molecule has 5 nitrogen and oxygen atoms in total. The van der Waals surface area contributed by atoms with Gasteiger partial charge >= 0.3 is 0 Å². The number of pyridine rings is 1. The minimum Gasteiger partial charge on any atom is -0.384 e. The van der Waals surface area contributed by atoms with E-state index in [2.05, 4.69) is 15.0 Å². The molecule has 0 fully saturated rings. The van der Waals surface area contributed by atoms with Gasteiger partial charge in [0.15, 0.2) is 5.82 Å². The summed E-state index contributed by atoms with van der Waals surface area (Å²) in [5, 5.41) is 0. The highest BCUT2D eigenvalue weighted by Crippen LogP contribution is 2.18. The molecule has 0 aliphatic heterocycles. The molecule has 2 aromatic rings. The van der Waals surface area contributed by atoms with E-state index < -0.39 is 0 Å². The van der Waals surface area contributed by atoms with Crippen LogP contribution >= 0.6 is 0 Å². The van der Waals surface area contributed by atoms with Crippen LogP contribution in [0, 0.1) is 6.92 Å². The second-order valence-electron chi connectivity index (χ2n) is 3.92. The molecule has 2 heterocycles. The van der Waals surface area contributed by atoms with Crippen LogP contribution in [0.5, 0.6) is 0 Å². The van der Waals surface area contributed by atoms with Crippen LogP contribution in [0.15, 0.2) is 24.4 Å². The average Bonchev–Trinajstić information content (AvgIpc) is 2.36. The van der Waals surface area contributed by atoms with Crippen molar-refractivity contribution in [3.05, 3.63) is 35.9 Å². The van der Waals surface area contributed by atoms with E-state index in [0.717, 1.165) is 17.0 Å². The first kappa shape index (κ1) is 12.4. The fourth-order valence-corrected chi connectivity index (χ4v) is 1.54. The van der Waals surface area contributed by atoms with Gasteiger partial charge in [0.1, 0.15) is 12.4 Å². The first-order valence-corrected chi connectivity index (χ1v) is 5.83. The van der Waals surface area contributed by atoms with Gasteiger partial charge in [0, 0.05) is 30.1 Å². The molecule has 18 heavy (non-hydrogen) atoms. The Balaban J connectivity index is 2.32. The van der Waals surface area contributed by atoms with E-state index in [-0.39, 0.29) is 0 Å². The van der Waals surface area contributed by atoms with Crippen molar-refractivity contribution in [1.29, 1.82) is 0 Å². The fraction of sp³-hybridized carbons (Fsp3) is 0.308. The van der Waals surface area contributed by atoms with Gasteiger partial charge in [-0.25, -0.2) is 9.97 Å². The van der Waals surface area contributed by atoms with Crippen molar-refractivity contribution in [2.45, 2.75) is 20.5 Å².